The molecule has 4 heavy (non-hydrogen) atoms. The first kappa shape index (κ1) is 4.86. The van der Waals surface area contributed by atoms with Gasteiger partial charge < -0.3 is 0 Å². The molecule has 0 aliphatic rings. The molecule has 0 aliphatic carbocycles. The Kier molecular flexibility index (Phi) is 4.69. The second-order valence-electron chi connectivity index (χ2n) is 0.443. The summed E-state index contributed by atoms with van der Waals surface area (Å²) in [5.41, 5.74) is 0. The Morgan fingerprint density at radius 2 is 2.25 bits per heavy atom. The zero-order valence-electron chi connectivity index (χ0n) is 2.37. The van der Waals surface area contributed by atoms with Gasteiger partial charge in [-0.25, -0.2) is 0 Å². The maximum absolute atomic E-state index is 3.47. The Morgan fingerprint density at radius 1 is 2.00 bits per heavy atom. The van der Waals surface area contributed by atoms with E-state index in [4.69, 9.17) is 0 Å². The van der Waals surface area contributed by atoms with Crippen molar-refractivity contribution in [3.05, 3.63) is 0 Å². The first-order valence-electron chi connectivity index (χ1n) is 1.08. The van der Waals surface area contributed by atoms with Crippen LogP contribution >= 0.6 is 22.6 Å². The fourth-order valence-corrected chi connectivity index (χ4v) is 0. The number of halogens is 1. The van der Waals surface area contributed by atoms with Gasteiger partial charge in [-0.05, 0) is 0 Å². The molecule has 0 aromatic heterocycles. The van der Waals surface area contributed by atoms with Crippen molar-refractivity contribution >= 4 is 36.8 Å². The van der Waals surface area contributed by atoms with E-state index in [-0.39, 0.29) is 0 Å². The van der Waals surface area contributed by atoms with Gasteiger partial charge in [0.25, 0.3) is 0 Å². The number of alkyl halides is 1. The van der Waals surface area contributed by atoms with Gasteiger partial charge in [0.2, 0.25) is 0 Å². The van der Waals surface area contributed by atoms with Crippen LogP contribution in [0.4, 0.5) is 0 Å². The molecule has 0 amide bonds. The van der Waals surface area contributed by atoms with Crippen LogP contribution in [0.5, 0.6) is 0 Å². The molecule has 0 aromatic rings. The molecule has 0 saturated heterocycles. The van der Waals surface area contributed by atoms with Crippen molar-refractivity contribution in [2.45, 2.75) is 0 Å². The van der Waals surface area contributed by atoms with Gasteiger partial charge in [-0.1, -0.05) is 0 Å². The molecule has 0 saturated carbocycles. The molecule has 0 aromatic carbocycles. The predicted molar refractivity (Wildman–Crippen MR) is 31.8 cm³/mol. The molecule has 0 radical (unpaired) electrons. The summed E-state index contributed by atoms with van der Waals surface area (Å²) in [5.74, 6) is 0. The van der Waals surface area contributed by atoms with E-state index in [1.54, 1.807) is 0 Å². The average Bonchev–Trinajstić information content (AvgIpc) is 1.37. The Labute approximate surface area is 41.4 Å². The predicted octanol–water partition coefficient (Wildman–Crippen LogP) is -0.101. The standard InChI is InChI=1S/CH3B2I/c2-3-1-4/h2H,1H2. The summed E-state index contributed by atoms with van der Waals surface area (Å²) in [5, 5.41) is 0. The summed E-state index contributed by atoms with van der Waals surface area (Å²) in [4.78, 5) is 0. The topological polar surface area (TPSA) is 0 Å². The van der Waals surface area contributed by atoms with Crippen LogP contribution in [0.3, 0.4) is 0 Å². The van der Waals surface area contributed by atoms with Crippen LogP contribution in [0.1, 0.15) is 0 Å². The van der Waals surface area contributed by atoms with Crippen molar-refractivity contribution in [2.75, 3.05) is 4.33 Å². The third-order valence-electron chi connectivity index (χ3n) is 0.109. The molecular formula is CH3B2I. The molecule has 20 valence electrons. The molecule has 0 spiro atoms. The van der Waals surface area contributed by atoms with Crippen molar-refractivity contribution in [2.24, 2.45) is 0 Å². The molecule has 0 rings (SSSR count). The minimum absolute atomic E-state index is 1.05. The Bertz CT molecular complexity index is 20.0. The minimum atomic E-state index is 1.05. The monoisotopic (exact) mass is 164 g/mol. The number of rotatable bonds is 1. The fourth-order valence-electron chi connectivity index (χ4n) is 0. The van der Waals surface area contributed by atoms with Crippen molar-refractivity contribution in [1.29, 1.82) is 0 Å². The number of hydrogen-bond acceptors (Lipinski definition) is 0. The summed E-state index contributed by atoms with van der Waals surface area (Å²) in [7, 11) is 3.47. The van der Waals surface area contributed by atoms with Crippen LogP contribution in [0.2, 0.25) is 0 Å². The first-order valence-corrected chi connectivity index (χ1v) is 2.61. The maximum atomic E-state index is 3.47. The van der Waals surface area contributed by atoms with Gasteiger partial charge >= 0.3 is 41.1 Å². The second kappa shape index (κ2) is 3.86. The third kappa shape index (κ3) is 2.86. The van der Waals surface area contributed by atoms with E-state index < -0.39 is 0 Å². The first-order chi connectivity index (χ1) is 1.91. The van der Waals surface area contributed by atoms with Crippen molar-refractivity contribution in [3.8, 4) is 0 Å². The Morgan fingerprint density at radius 3 is 2.25 bits per heavy atom. The van der Waals surface area contributed by atoms with Gasteiger partial charge in [0.05, 0.1) is 0 Å². The molecule has 0 nitrogen and oxygen atoms in total. The molecule has 0 aliphatic heterocycles. The zero-order valence-corrected chi connectivity index (χ0v) is 4.53. The quantitative estimate of drug-likeness (QED) is 0.288. The molecule has 3 heteroatoms. The number of hydrogen-bond donors (Lipinski definition) is 0. The average molecular weight is 164 g/mol. The molecule has 0 unspecified atom stereocenters. The van der Waals surface area contributed by atoms with Gasteiger partial charge in [0, 0.05) is 0 Å². The molecule has 0 N–H and O–H groups in total. The van der Waals surface area contributed by atoms with Crippen molar-refractivity contribution < 1.29 is 0 Å². The SMILES string of the molecule is B=BCI. The van der Waals surface area contributed by atoms with Crippen LogP contribution < -0.4 is 0 Å². The van der Waals surface area contributed by atoms with Crippen LogP contribution in [0, 0.1) is 0 Å². The molecule has 0 heterocycles. The molecular weight excluding hydrogens is 161 g/mol. The second-order valence-corrected chi connectivity index (χ2v) is 1.32. The normalized spacial score (nSPS) is 5.00. The summed E-state index contributed by atoms with van der Waals surface area (Å²) in [6, 6.07) is 0. The van der Waals surface area contributed by atoms with Crippen LogP contribution in [0.15, 0.2) is 0 Å². The van der Waals surface area contributed by atoms with Crippen LogP contribution in [0.25, 0.3) is 0 Å². The summed E-state index contributed by atoms with van der Waals surface area (Å²) < 4.78 is 1.05. The van der Waals surface area contributed by atoms with E-state index in [0.717, 1.165) is 4.33 Å². The van der Waals surface area contributed by atoms with Crippen LogP contribution in [-0.4, -0.2) is 18.5 Å². The molecule has 0 bridgehead atoms. The molecule has 0 atom stereocenters. The van der Waals surface area contributed by atoms with E-state index in [1.165, 1.54) is 0 Å². The van der Waals surface area contributed by atoms with E-state index >= 15 is 0 Å². The van der Waals surface area contributed by atoms with Gasteiger partial charge in [0.15, 0.2) is 0 Å². The van der Waals surface area contributed by atoms with E-state index in [9.17, 15) is 0 Å². The van der Waals surface area contributed by atoms with Gasteiger partial charge in [0.1, 0.15) is 0 Å². The Hall–Kier alpha value is 0.860. The van der Waals surface area contributed by atoms with Gasteiger partial charge in [-0.15, -0.1) is 0 Å². The van der Waals surface area contributed by atoms with E-state index in [0.29, 0.717) is 0 Å². The van der Waals surface area contributed by atoms with E-state index in [1.807, 2.05) is 6.80 Å². The van der Waals surface area contributed by atoms with Gasteiger partial charge in [-0.2, -0.15) is 0 Å². The fraction of sp³-hybridized carbons (Fsp3) is 1.00. The van der Waals surface area contributed by atoms with E-state index in [2.05, 4.69) is 30.0 Å². The third-order valence-corrected chi connectivity index (χ3v) is 0.732. The molecule has 0 fully saturated rings. The van der Waals surface area contributed by atoms with Crippen LogP contribution in [-0.2, 0) is 0 Å². The zero-order chi connectivity index (χ0) is 3.41. The summed E-state index contributed by atoms with van der Waals surface area (Å²) >= 11 is 2.23. The Balaban J connectivity index is 2.30. The summed E-state index contributed by atoms with van der Waals surface area (Å²) in [6.07, 6.45) is 0. The van der Waals surface area contributed by atoms with Crippen molar-refractivity contribution in [1.82, 2.24) is 0 Å². The van der Waals surface area contributed by atoms with Crippen molar-refractivity contribution in [3.63, 3.8) is 0 Å². The summed E-state index contributed by atoms with van der Waals surface area (Å²) in [6.45, 7) is 1.86. The van der Waals surface area contributed by atoms with Gasteiger partial charge in [-0.3, -0.25) is 0 Å².